The van der Waals surface area contributed by atoms with Crippen molar-refractivity contribution in [1.29, 1.82) is 0 Å². The number of fused-ring (bicyclic) bond motifs is 1. The molecule has 0 unspecified atom stereocenters. The van der Waals surface area contributed by atoms with Crippen LogP contribution in [0.4, 0.5) is 0 Å². The summed E-state index contributed by atoms with van der Waals surface area (Å²) in [5.41, 5.74) is 2.18. The smallest absolute Gasteiger partial charge is 0.268 e. The van der Waals surface area contributed by atoms with Crippen molar-refractivity contribution in [2.24, 2.45) is 23.2 Å². The maximum absolute atomic E-state index is 13.1. The first-order valence-corrected chi connectivity index (χ1v) is 11.7. The first-order valence-electron chi connectivity index (χ1n) is 11.7. The van der Waals surface area contributed by atoms with Crippen molar-refractivity contribution < 1.29 is 14.7 Å². The Hall–Kier alpha value is -2.41. The van der Waals surface area contributed by atoms with Gasteiger partial charge in [0.2, 0.25) is 5.91 Å². The fourth-order valence-electron chi connectivity index (χ4n) is 7.12. The molecule has 2 aromatic heterocycles. The highest BCUT2D eigenvalue weighted by Gasteiger charge is 2.50. The molecule has 164 valence electrons. The molecule has 5 aliphatic rings. The summed E-state index contributed by atoms with van der Waals surface area (Å²) in [5, 5.41) is 12.7. The topological polar surface area (TPSA) is 86.9 Å². The second kappa shape index (κ2) is 7.05. The zero-order valence-corrected chi connectivity index (χ0v) is 17.8. The minimum atomic E-state index is -0.408. The summed E-state index contributed by atoms with van der Waals surface area (Å²) in [7, 11) is 0. The molecule has 4 bridgehead atoms. The lowest BCUT2D eigenvalue weighted by Crippen LogP contribution is -2.53. The number of rotatable bonds is 5. The van der Waals surface area contributed by atoms with Gasteiger partial charge in [0.1, 0.15) is 11.3 Å². The number of nitrogens with one attached hydrogen (secondary N) is 1. The number of hydrogen-bond donors (Lipinski definition) is 2. The van der Waals surface area contributed by atoms with Crippen LogP contribution >= 0.6 is 0 Å². The molecule has 31 heavy (non-hydrogen) atoms. The number of aliphatic hydroxyl groups excluding tert-OH is 1. The number of pyridine rings is 1. The van der Waals surface area contributed by atoms with Crippen molar-refractivity contribution in [2.45, 2.75) is 51.0 Å². The third kappa shape index (κ3) is 3.43. The standard InChI is InChI=1S/C24H30N4O3/c29-19-12-27(13-19)22(30)7-18-11-28-20(2-1-3-21(28)26-18)23(31)25-14-24-8-15-4-16(9-24)6-17(5-15)10-24/h1-3,11,15-17,19,29H,4-10,12-14H2,(H,25,31). The Labute approximate surface area is 181 Å². The van der Waals surface area contributed by atoms with Crippen molar-refractivity contribution in [3.8, 4) is 0 Å². The van der Waals surface area contributed by atoms with Gasteiger partial charge in [0.25, 0.3) is 5.91 Å². The fourth-order valence-corrected chi connectivity index (χ4v) is 7.12. The van der Waals surface area contributed by atoms with E-state index in [9.17, 15) is 14.7 Å². The predicted molar refractivity (Wildman–Crippen MR) is 114 cm³/mol. The zero-order valence-electron chi connectivity index (χ0n) is 17.8. The van der Waals surface area contributed by atoms with E-state index >= 15 is 0 Å². The predicted octanol–water partition coefficient (Wildman–Crippen LogP) is 2.03. The third-order valence-corrected chi connectivity index (χ3v) is 8.11. The van der Waals surface area contributed by atoms with E-state index in [1.54, 1.807) is 15.5 Å². The summed E-state index contributed by atoms with van der Waals surface area (Å²) in [5.74, 6) is 2.50. The largest absolute Gasteiger partial charge is 0.389 e. The molecule has 7 rings (SSSR count). The van der Waals surface area contributed by atoms with Gasteiger partial charge in [-0.1, -0.05) is 6.07 Å². The Morgan fingerprint density at radius 2 is 1.77 bits per heavy atom. The van der Waals surface area contributed by atoms with Crippen LogP contribution in [0.5, 0.6) is 0 Å². The molecule has 3 heterocycles. The quantitative estimate of drug-likeness (QED) is 0.772. The van der Waals surface area contributed by atoms with E-state index in [0.29, 0.717) is 35.5 Å². The minimum Gasteiger partial charge on any atom is -0.389 e. The van der Waals surface area contributed by atoms with Gasteiger partial charge in [-0.2, -0.15) is 0 Å². The summed E-state index contributed by atoms with van der Waals surface area (Å²) < 4.78 is 1.79. The summed E-state index contributed by atoms with van der Waals surface area (Å²) in [6, 6.07) is 5.53. The molecular formula is C24H30N4O3. The van der Waals surface area contributed by atoms with E-state index in [2.05, 4.69) is 10.3 Å². The lowest BCUT2D eigenvalue weighted by atomic mass is 9.49. The van der Waals surface area contributed by atoms with Crippen molar-refractivity contribution in [2.75, 3.05) is 19.6 Å². The molecule has 4 aliphatic carbocycles. The van der Waals surface area contributed by atoms with E-state index in [4.69, 9.17) is 0 Å². The molecule has 2 aromatic rings. The molecule has 1 aliphatic heterocycles. The van der Waals surface area contributed by atoms with Gasteiger partial charge >= 0.3 is 0 Å². The molecule has 7 heteroatoms. The Morgan fingerprint density at radius 1 is 1.10 bits per heavy atom. The normalized spacial score (nSPS) is 31.8. The van der Waals surface area contributed by atoms with Crippen LogP contribution in [-0.2, 0) is 11.2 Å². The number of carbonyl (C=O) groups is 2. The molecule has 0 atom stereocenters. The van der Waals surface area contributed by atoms with Gasteiger partial charge < -0.3 is 15.3 Å². The van der Waals surface area contributed by atoms with Crippen LogP contribution in [0.15, 0.2) is 24.4 Å². The Morgan fingerprint density at radius 3 is 2.42 bits per heavy atom. The maximum atomic E-state index is 13.1. The van der Waals surface area contributed by atoms with Crippen LogP contribution in [-0.4, -0.2) is 56.9 Å². The van der Waals surface area contributed by atoms with Crippen LogP contribution in [0.3, 0.4) is 0 Å². The highest BCUT2D eigenvalue weighted by atomic mass is 16.3. The van der Waals surface area contributed by atoms with E-state index in [-0.39, 0.29) is 18.2 Å². The molecule has 0 radical (unpaired) electrons. The first kappa shape index (κ1) is 19.3. The molecule has 2 N–H and O–H groups in total. The van der Waals surface area contributed by atoms with Gasteiger partial charge in [-0.3, -0.25) is 14.0 Å². The highest BCUT2D eigenvalue weighted by Crippen LogP contribution is 2.59. The summed E-state index contributed by atoms with van der Waals surface area (Å²) >= 11 is 0. The molecular weight excluding hydrogens is 392 g/mol. The van der Waals surface area contributed by atoms with Crippen LogP contribution in [0.2, 0.25) is 0 Å². The monoisotopic (exact) mass is 422 g/mol. The zero-order chi connectivity index (χ0) is 21.2. The van der Waals surface area contributed by atoms with Gasteiger partial charge in [0.15, 0.2) is 0 Å². The average molecular weight is 423 g/mol. The van der Waals surface area contributed by atoms with E-state index in [1.165, 1.54) is 38.5 Å². The number of likely N-dealkylation sites (tertiary alicyclic amines) is 1. The van der Waals surface area contributed by atoms with Crippen LogP contribution in [0.25, 0.3) is 5.65 Å². The molecule has 7 nitrogen and oxygen atoms in total. The number of aliphatic hydroxyl groups is 1. The number of carbonyl (C=O) groups excluding carboxylic acids is 2. The second-order valence-corrected chi connectivity index (χ2v) is 10.6. The van der Waals surface area contributed by atoms with Crippen molar-refractivity contribution in [3.05, 3.63) is 35.8 Å². The van der Waals surface area contributed by atoms with Crippen molar-refractivity contribution in [1.82, 2.24) is 19.6 Å². The van der Waals surface area contributed by atoms with Crippen LogP contribution in [0, 0.1) is 23.2 Å². The fraction of sp³-hybridized carbons (Fsp3) is 0.625. The van der Waals surface area contributed by atoms with Gasteiger partial charge in [-0.15, -0.1) is 0 Å². The van der Waals surface area contributed by atoms with Crippen LogP contribution in [0.1, 0.15) is 54.7 Å². The Bertz CT molecular complexity index is 1000. The molecule has 0 spiro atoms. The number of hydrogen-bond acceptors (Lipinski definition) is 4. The van der Waals surface area contributed by atoms with Crippen LogP contribution < -0.4 is 5.32 Å². The number of β-amino-alcohol motifs (C(OH)–C–C–N with tert-alkyl or cyclic N) is 1. The Balaban J connectivity index is 1.16. The number of nitrogens with zero attached hydrogens (tertiary/aromatic N) is 3. The lowest BCUT2D eigenvalue weighted by molar-refractivity contribution is -0.140. The Kier molecular flexibility index (Phi) is 4.39. The summed E-state index contributed by atoms with van der Waals surface area (Å²) in [4.78, 5) is 31.6. The van der Waals surface area contributed by atoms with Crippen molar-refractivity contribution >= 4 is 17.5 Å². The van der Waals surface area contributed by atoms with Gasteiger partial charge in [-0.25, -0.2) is 4.98 Å². The first-order chi connectivity index (χ1) is 15.0. The lowest BCUT2D eigenvalue weighted by Gasteiger charge is -2.56. The maximum Gasteiger partial charge on any atom is 0.268 e. The third-order valence-electron chi connectivity index (χ3n) is 8.11. The van der Waals surface area contributed by atoms with Gasteiger partial charge in [0, 0.05) is 25.8 Å². The second-order valence-electron chi connectivity index (χ2n) is 10.6. The molecule has 5 fully saturated rings. The van der Waals surface area contributed by atoms with Gasteiger partial charge in [-0.05, 0) is 73.8 Å². The number of amides is 2. The molecule has 1 saturated heterocycles. The molecule has 0 aromatic carbocycles. The molecule has 2 amide bonds. The molecule has 4 saturated carbocycles. The van der Waals surface area contributed by atoms with E-state index < -0.39 is 6.10 Å². The average Bonchev–Trinajstić information content (AvgIpc) is 3.11. The number of aromatic nitrogens is 2. The van der Waals surface area contributed by atoms with Crippen molar-refractivity contribution in [3.63, 3.8) is 0 Å². The highest BCUT2D eigenvalue weighted by molar-refractivity contribution is 5.93. The van der Waals surface area contributed by atoms with Gasteiger partial charge in [0.05, 0.1) is 18.2 Å². The minimum absolute atomic E-state index is 0.0403. The SMILES string of the molecule is O=C(NCC12CC3CC(CC(C3)C1)C2)c1cccc2nc(CC(=O)N3CC(O)C3)cn12. The summed E-state index contributed by atoms with van der Waals surface area (Å²) in [6.45, 7) is 1.55. The van der Waals surface area contributed by atoms with E-state index in [1.807, 2.05) is 18.2 Å². The summed E-state index contributed by atoms with van der Waals surface area (Å²) in [6.07, 6.45) is 9.59. The number of imidazole rings is 1. The van der Waals surface area contributed by atoms with E-state index in [0.717, 1.165) is 24.3 Å².